The molecule has 0 aliphatic carbocycles. The normalized spacial score (nSPS) is 17.2. The number of likely N-dealkylation sites (tertiary alicyclic amines) is 1. The summed E-state index contributed by atoms with van der Waals surface area (Å²) in [5.74, 6) is 0. The maximum Gasteiger partial charge on any atom is 0.115 e. The van der Waals surface area contributed by atoms with Gasteiger partial charge in [0.2, 0.25) is 0 Å². The van der Waals surface area contributed by atoms with E-state index in [9.17, 15) is 0 Å². The average molecular weight is 316 g/mol. The molecule has 0 spiro atoms. The number of aromatic nitrogens is 2. The van der Waals surface area contributed by atoms with Crippen LogP contribution >= 0.6 is 11.3 Å². The minimum Gasteiger partial charge on any atom is -0.299 e. The number of nitrogens with zero attached hydrogens (tertiary/aromatic N) is 4. The minimum atomic E-state index is 0.298. The molecule has 1 fully saturated rings. The summed E-state index contributed by atoms with van der Waals surface area (Å²) in [6.07, 6.45) is 6.15. The first-order chi connectivity index (χ1) is 10.7. The lowest BCUT2D eigenvalue weighted by molar-refractivity contribution is 0.250. The van der Waals surface area contributed by atoms with Gasteiger partial charge in [0, 0.05) is 30.2 Å². The first-order valence-corrected chi connectivity index (χ1v) is 8.85. The van der Waals surface area contributed by atoms with Gasteiger partial charge in [-0.2, -0.15) is 0 Å². The predicted molar refractivity (Wildman–Crippen MR) is 90.7 cm³/mol. The van der Waals surface area contributed by atoms with Gasteiger partial charge in [0.1, 0.15) is 6.33 Å². The third-order valence-corrected chi connectivity index (χ3v) is 5.38. The average Bonchev–Trinajstić information content (AvgIpc) is 3.20. The van der Waals surface area contributed by atoms with Crippen molar-refractivity contribution in [1.82, 2.24) is 19.8 Å². The number of hydrogen-bond acceptors (Lipinski definition) is 5. The highest BCUT2D eigenvalue weighted by Gasteiger charge is 2.15. The summed E-state index contributed by atoms with van der Waals surface area (Å²) in [5, 5.41) is 2.32. The molecule has 2 aromatic heterocycles. The van der Waals surface area contributed by atoms with Gasteiger partial charge in [-0.05, 0) is 63.0 Å². The lowest BCUT2D eigenvalue weighted by Gasteiger charge is -2.23. The molecule has 1 atom stereocenters. The zero-order chi connectivity index (χ0) is 15.4. The Morgan fingerprint density at radius 1 is 1.36 bits per heavy atom. The molecule has 1 unspecified atom stereocenters. The summed E-state index contributed by atoms with van der Waals surface area (Å²) >= 11 is 1.87. The zero-order valence-electron chi connectivity index (χ0n) is 13.4. The van der Waals surface area contributed by atoms with Gasteiger partial charge in [-0.1, -0.05) is 0 Å². The SMILES string of the molecule is CC(c1ccncn1)N(C)Cc1cc(CN2CCCC2)cs1. The maximum absolute atomic E-state index is 4.36. The Morgan fingerprint density at radius 2 is 2.18 bits per heavy atom. The van der Waals surface area contributed by atoms with E-state index in [1.807, 2.05) is 23.6 Å². The van der Waals surface area contributed by atoms with Crippen LogP contribution in [-0.4, -0.2) is 39.9 Å². The second-order valence-corrected chi connectivity index (χ2v) is 7.13. The van der Waals surface area contributed by atoms with Crippen molar-refractivity contribution >= 4 is 11.3 Å². The summed E-state index contributed by atoms with van der Waals surface area (Å²) in [6.45, 7) is 6.80. The van der Waals surface area contributed by atoms with Gasteiger partial charge >= 0.3 is 0 Å². The molecule has 1 aliphatic rings. The molecular formula is C17H24N4S. The highest BCUT2D eigenvalue weighted by atomic mass is 32.1. The van der Waals surface area contributed by atoms with Gasteiger partial charge in [0.25, 0.3) is 0 Å². The molecule has 0 aromatic carbocycles. The van der Waals surface area contributed by atoms with Crippen LogP contribution in [-0.2, 0) is 13.1 Å². The van der Waals surface area contributed by atoms with Gasteiger partial charge < -0.3 is 0 Å². The van der Waals surface area contributed by atoms with Gasteiger partial charge in [0.15, 0.2) is 0 Å². The van der Waals surface area contributed by atoms with Gasteiger partial charge in [0.05, 0.1) is 5.69 Å². The fourth-order valence-electron chi connectivity index (χ4n) is 2.95. The van der Waals surface area contributed by atoms with Crippen LogP contribution in [0.3, 0.4) is 0 Å². The first-order valence-electron chi connectivity index (χ1n) is 7.97. The molecule has 0 bridgehead atoms. The van der Waals surface area contributed by atoms with Crippen molar-refractivity contribution in [2.45, 2.75) is 38.9 Å². The molecule has 0 amide bonds. The molecule has 4 nitrogen and oxygen atoms in total. The molecule has 2 aromatic rings. The number of hydrogen-bond donors (Lipinski definition) is 0. The predicted octanol–water partition coefficient (Wildman–Crippen LogP) is 3.33. The molecule has 5 heteroatoms. The van der Waals surface area contributed by atoms with Crippen molar-refractivity contribution in [1.29, 1.82) is 0 Å². The smallest absolute Gasteiger partial charge is 0.115 e. The van der Waals surface area contributed by atoms with Crippen LogP contribution < -0.4 is 0 Å². The third-order valence-electron chi connectivity index (χ3n) is 4.41. The first kappa shape index (κ1) is 15.6. The molecule has 0 saturated carbocycles. The maximum atomic E-state index is 4.36. The Kier molecular flexibility index (Phi) is 5.18. The van der Waals surface area contributed by atoms with Gasteiger partial charge in [-0.3, -0.25) is 9.80 Å². The highest BCUT2D eigenvalue weighted by Crippen LogP contribution is 2.23. The van der Waals surface area contributed by atoms with E-state index >= 15 is 0 Å². The van der Waals surface area contributed by atoms with E-state index in [-0.39, 0.29) is 0 Å². The monoisotopic (exact) mass is 316 g/mol. The van der Waals surface area contributed by atoms with Gasteiger partial charge in [-0.25, -0.2) is 9.97 Å². The van der Waals surface area contributed by atoms with Crippen molar-refractivity contribution < 1.29 is 0 Å². The largest absolute Gasteiger partial charge is 0.299 e. The van der Waals surface area contributed by atoms with Crippen LogP contribution in [0.25, 0.3) is 0 Å². The molecule has 22 heavy (non-hydrogen) atoms. The topological polar surface area (TPSA) is 32.3 Å². The molecule has 1 saturated heterocycles. The third kappa shape index (κ3) is 3.91. The van der Waals surface area contributed by atoms with Crippen LogP contribution in [0.1, 0.15) is 41.9 Å². The lowest BCUT2D eigenvalue weighted by Crippen LogP contribution is -2.22. The van der Waals surface area contributed by atoms with Crippen LogP contribution in [0.2, 0.25) is 0 Å². The summed E-state index contributed by atoms with van der Waals surface area (Å²) in [7, 11) is 2.16. The quantitative estimate of drug-likeness (QED) is 0.818. The summed E-state index contributed by atoms with van der Waals surface area (Å²) in [4.78, 5) is 14.7. The van der Waals surface area contributed by atoms with Gasteiger partial charge in [-0.15, -0.1) is 11.3 Å². The highest BCUT2D eigenvalue weighted by molar-refractivity contribution is 7.10. The molecule has 3 rings (SSSR count). The zero-order valence-corrected chi connectivity index (χ0v) is 14.2. The summed E-state index contributed by atoms with van der Waals surface area (Å²) in [5.41, 5.74) is 2.54. The van der Waals surface area contributed by atoms with Crippen molar-refractivity contribution in [3.05, 3.63) is 46.2 Å². The lowest BCUT2D eigenvalue weighted by atomic mass is 10.2. The van der Waals surface area contributed by atoms with Crippen molar-refractivity contribution in [3.63, 3.8) is 0 Å². The molecule has 0 N–H and O–H groups in total. The van der Waals surface area contributed by atoms with Crippen molar-refractivity contribution in [3.8, 4) is 0 Å². The Hall–Kier alpha value is -1.30. The second kappa shape index (κ2) is 7.31. The Labute approximate surface area is 136 Å². The Morgan fingerprint density at radius 3 is 2.91 bits per heavy atom. The van der Waals surface area contributed by atoms with E-state index < -0.39 is 0 Å². The molecule has 118 valence electrons. The van der Waals surface area contributed by atoms with Crippen LogP contribution in [0, 0.1) is 0 Å². The van der Waals surface area contributed by atoms with E-state index in [1.54, 1.807) is 6.33 Å². The number of rotatable bonds is 6. The van der Waals surface area contributed by atoms with E-state index in [1.165, 1.54) is 36.4 Å². The van der Waals surface area contributed by atoms with Crippen molar-refractivity contribution in [2.24, 2.45) is 0 Å². The Bertz CT molecular complexity index is 577. The minimum absolute atomic E-state index is 0.298. The van der Waals surface area contributed by atoms with Crippen LogP contribution in [0.5, 0.6) is 0 Å². The van der Waals surface area contributed by atoms with E-state index in [4.69, 9.17) is 0 Å². The molecular weight excluding hydrogens is 292 g/mol. The standard InChI is InChI=1S/C17H24N4S/c1-14(17-5-6-18-13-19-17)20(2)11-16-9-15(12-22-16)10-21-7-3-4-8-21/h5-6,9,12-14H,3-4,7-8,10-11H2,1-2H3. The number of thiophene rings is 1. The molecule has 3 heterocycles. The summed E-state index contributed by atoms with van der Waals surface area (Å²) < 4.78 is 0. The van der Waals surface area contributed by atoms with E-state index in [2.05, 4.69) is 45.2 Å². The Balaban J connectivity index is 1.57. The molecule has 0 radical (unpaired) electrons. The van der Waals surface area contributed by atoms with E-state index in [0.29, 0.717) is 6.04 Å². The molecule has 1 aliphatic heterocycles. The fourth-order valence-corrected chi connectivity index (χ4v) is 3.89. The summed E-state index contributed by atoms with van der Waals surface area (Å²) in [6, 6.07) is 4.66. The fraction of sp³-hybridized carbons (Fsp3) is 0.529. The van der Waals surface area contributed by atoms with Crippen LogP contribution in [0.15, 0.2) is 30.0 Å². The van der Waals surface area contributed by atoms with E-state index in [0.717, 1.165) is 18.8 Å². The van der Waals surface area contributed by atoms with Crippen LogP contribution in [0.4, 0.5) is 0 Å². The second-order valence-electron chi connectivity index (χ2n) is 6.13. The van der Waals surface area contributed by atoms with Crippen molar-refractivity contribution in [2.75, 3.05) is 20.1 Å².